The molecule has 0 amide bonds. The number of nitrogens with two attached hydrogens (primary N) is 1. The molecule has 3 N–H and O–H groups in total. The van der Waals surface area contributed by atoms with Gasteiger partial charge in [0.2, 0.25) is 0 Å². The SMILES string of the molecule is CCNC1CC(CCC(=O)OC)CN(CCN)C1. The van der Waals surface area contributed by atoms with Crippen LogP contribution in [-0.4, -0.2) is 56.7 Å². The Morgan fingerprint density at radius 1 is 1.50 bits per heavy atom. The van der Waals surface area contributed by atoms with E-state index in [1.165, 1.54) is 7.11 Å². The van der Waals surface area contributed by atoms with Crippen LogP contribution in [0.1, 0.15) is 26.2 Å². The molecule has 106 valence electrons. The van der Waals surface area contributed by atoms with E-state index < -0.39 is 0 Å². The summed E-state index contributed by atoms with van der Waals surface area (Å²) in [4.78, 5) is 13.6. The van der Waals surface area contributed by atoms with Crippen molar-refractivity contribution >= 4 is 5.97 Å². The number of ether oxygens (including phenoxy) is 1. The molecule has 0 spiro atoms. The number of hydrogen-bond donors (Lipinski definition) is 2. The van der Waals surface area contributed by atoms with Crippen molar-refractivity contribution in [1.82, 2.24) is 10.2 Å². The molecule has 1 fully saturated rings. The molecular formula is C13H27N3O2. The van der Waals surface area contributed by atoms with Gasteiger partial charge in [0, 0.05) is 38.6 Å². The second kappa shape index (κ2) is 8.45. The van der Waals surface area contributed by atoms with Crippen LogP contribution < -0.4 is 11.1 Å². The fourth-order valence-corrected chi connectivity index (χ4v) is 2.74. The largest absolute Gasteiger partial charge is 0.469 e. The van der Waals surface area contributed by atoms with Crippen molar-refractivity contribution in [2.75, 3.05) is 39.8 Å². The zero-order chi connectivity index (χ0) is 13.4. The number of esters is 1. The molecule has 2 unspecified atom stereocenters. The number of piperidine rings is 1. The van der Waals surface area contributed by atoms with Gasteiger partial charge in [-0.25, -0.2) is 0 Å². The lowest BCUT2D eigenvalue weighted by atomic mass is 9.90. The predicted octanol–water partition coefficient (Wildman–Crippen LogP) is 0.198. The summed E-state index contributed by atoms with van der Waals surface area (Å²) in [6, 6.07) is 0.526. The van der Waals surface area contributed by atoms with Gasteiger partial charge in [0.1, 0.15) is 0 Å². The first-order valence-electron chi connectivity index (χ1n) is 6.92. The first kappa shape index (κ1) is 15.4. The summed E-state index contributed by atoms with van der Waals surface area (Å²) in [7, 11) is 1.45. The maximum absolute atomic E-state index is 11.2. The average Bonchev–Trinajstić information content (AvgIpc) is 2.36. The molecule has 2 atom stereocenters. The van der Waals surface area contributed by atoms with Crippen LogP contribution in [0.15, 0.2) is 0 Å². The lowest BCUT2D eigenvalue weighted by Gasteiger charge is -2.38. The Bertz CT molecular complexity index is 234. The van der Waals surface area contributed by atoms with Crippen molar-refractivity contribution in [1.29, 1.82) is 0 Å². The number of hydrogen-bond acceptors (Lipinski definition) is 5. The number of methoxy groups -OCH3 is 1. The molecule has 0 saturated carbocycles. The maximum atomic E-state index is 11.2. The summed E-state index contributed by atoms with van der Waals surface area (Å²) >= 11 is 0. The van der Waals surface area contributed by atoms with Gasteiger partial charge in [-0.2, -0.15) is 0 Å². The van der Waals surface area contributed by atoms with Crippen molar-refractivity contribution in [2.45, 2.75) is 32.2 Å². The van der Waals surface area contributed by atoms with Crippen molar-refractivity contribution in [3.05, 3.63) is 0 Å². The molecule has 0 aromatic rings. The number of nitrogens with zero attached hydrogens (tertiary/aromatic N) is 1. The Morgan fingerprint density at radius 2 is 2.28 bits per heavy atom. The number of nitrogens with one attached hydrogen (secondary N) is 1. The van der Waals surface area contributed by atoms with E-state index in [1.807, 2.05) is 0 Å². The fraction of sp³-hybridized carbons (Fsp3) is 0.923. The van der Waals surface area contributed by atoms with Crippen LogP contribution in [0, 0.1) is 5.92 Å². The fourth-order valence-electron chi connectivity index (χ4n) is 2.74. The Kier molecular flexibility index (Phi) is 7.23. The molecule has 0 radical (unpaired) electrons. The molecule has 1 aliphatic heterocycles. The number of carbonyl (C=O) groups excluding carboxylic acids is 1. The second-order valence-electron chi connectivity index (χ2n) is 5.02. The van der Waals surface area contributed by atoms with Gasteiger partial charge in [-0.1, -0.05) is 6.92 Å². The average molecular weight is 257 g/mol. The quantitative estimate of drug-likeness (QED) is 0.638. The van der Waals surface area contributed by atoms with E-state index in [9.17, 15) is 4.79 Å². The van der Waals surface area contributed by atoms with Gasteiger partial charge >= 0.3 is 5.97 Å². The van der Waals surface area contributed by atoms with E-state index in [2.05, 4.69) is 17.1 Å². The summed E-state index contributed by atoms with van der Waals surface area (Å²) in [6.07, 6.45) is 2.58. The van der Waals surface area contributed by atoms with Crippen LogP contribution in [0.4, 0.5) is 0 Å². The van der Waals surface area contributed by atoms with Gasteiger partial charge in [0.05, 0.1) is 7.11 Å². The zero-order valence-electron chi connectivity index (χ0n) is 11.7. The Labute approximate surface area is 110 Å². The lowest BCUT2D eigenvalue weighted by molar-refractivity contribution is -0.141. The standard InChI is InChI=1S/C13H27N3O2/c1-3-15-12-8-11(4-5-13(17)18-2)9-16(10-12)7-6-14/h11-12,15H,3-10,14H2,1-2H3. The normalized spacial score (nSPS) is 25.1. The summed E-state index contributed by atoms with van der Waals surface area (Å²) in [5.74, 6) is 0.458. The van der Waals surface area contributed by atoms with E-state index in [1.54, 1.807) is 0 Å². The van der Waals surface area contributed by atoms with E-state index in [0.717, 1.165) is 39.0 Å². The highest BCUT2D eigenvalue weighted by molar-refractivity contribution is 5.69. The molecule has 0 aromatic carbocycles. The number of likely N-dealkylation sites (tertiary alicyclic amines) is 1. The molecule has 1 rings (SSSR count). The minimum absolute atomic E-state index is 0.106. The Hall–Kier alpha value is -0.650. The van der Waals surface area contributed by atoms with Crippen molar-refractivity contribution < 1.29 is 9.53 Å². The minimum atomic E-state index is -0.106. The van der Waals surface area contributed by atoms with Gasteiger partial charge in [0.15, 0.2) is 0 Å². The first-order chi connectivity index (χ1) is 8.69. The minimum Gasteiger partial charge on any atom is -0.469 e. The van der Waals surface area contributed by atoms with E-state index in [4.69, 9.17) is 10.5 Å². The van der Waals surface area contributed by atoms with E-state index in [-0.39, 0.29) is 5.97 Å². The lowest BCUT2D eigenvalue weighted by Crippen LogP contribution is -2.50. The molecule has 0 aliphatic carbocycles. The second-order valence-corrected chi connectivity index (χ2v) is 5.02. The number of rotatable bonds is 7. The van der Waals surface area contributed by atoms with Crippen molar-refractivity contribution in [2.24, 2.45) is 11.7 Å². The van der Waals surface area contributed by atoms with Crippen molar-refractivity contribution in [3.8, 4) is 0 Å². The van der Waals surface area contributed by atoms with Crippen LogP contribution >= 0.6 is 0 Å². The molecule has 5 heteroatoms. The Morgan fingerprint density at radius 3 is 2.89 bits per heavy atom. The predicted molar refractivity (Wildman–Crippen MR) is 72.3 cm³/mol. The molecule has 1 saturated heterocycles. The zero-order valence-corrected chi connectivity index (χ0v) is 11.7. The molecule has 5 nitrogen and oxygen atoms in total. The van der Waals surface area contributed by atoms with Crippen LogP contribution in [0.25, 0.3) is 0 Å². The topological polar surface area (TPSA) is 67.6 Å². The molecule has 0 aromatic heterocycles. The number of carbonyl (C=O) groups is 1. The summed E-state index contributed by atoms with van der Waals surface area (Å²) in [5, 5.41) is 3.51. The van der Waals surface area contributed by atoms with Crippen LogP contribution in [0.3, 0.4) is 0 Å². The first-order valence-corrected chi connectivity index (χ1v) is 6.92. The number of likely N-dealkylation sites (N-methyl/N-ethyl adjacent to an activating group) is 1. The molecule has 1 aliphatic rings. The maximum Gasteiger partial charge on any atom is 0.305 e. The molecular weight excluding hydrogens is 230 g/mol. The van der Waals surface area contributed by atoms with Gasteiger partial charge in [-0.05, 0) is 25.3 Å². The van der Waals surface area contributed by atoms with Crippen LogP contribution in [0.2, 0.25) is 0 Å². The Balaban J connectivity index is 2.42. The third-order valence-corrected chi connectivity index (χ3v) is 3.54. The van der Waals surface area contributed by atoms with Gasteiger partial charge < -0.3 is 20.7 Å². The summed E-state index contributed by atoms with van der Waals surface area (Å²) in [6.45, 7) is 6.88. The third kappa shape index (κ3) is 5.33. The highest BCUT2D eigenvalue weighted by Crippen LogP contribution is 2.21. The highest BCUT2D eigenvalue weighted by atomic mass is 16.5. The third-order valence-electron chi connectivity index (χ3n) is 3.54. The highest BCUT2D eigenvalue weighted by Gasteiger charge is 2.26. The van der Waals surface area contributed by atoms with E-state index >= 15 is 0 Å². The van der Waals surface area contributed by atoms with Crippen LogP contribution in [0.5, 0.6) is 0 Å². The van der Waals surface area contributed by atoms with Crippen LogP contribution in [-0.2, 0) is 9.53 Å². The summed E-state index contributed by atoms with van der Waals surface area (Å²) in [5.41, 5.74) is 5.63. The molecule has 0 bridgehead atoms. The van der Waals surface area contributed by atoms with Gasteiger partial charge in [-0.15, -0.1) is 0 Å². The van der Waals surface area contributed by atoms with E-state index in [0.29, 0.717) is 24.9 Å². The molecule has 1 heterocycles. The monoisotopic (exact) mass is 257 g/mol. The van der Waals surface area contributed by atoms with Crippen molar-refractivity contribution in [3.63, 3.8) is 0 Å². The summed E-state index contributed by atoms with van der Waals surface area (Å²) < 4.78 is 4.70. The molecule has 18 heavy (non-hydrogen) atoms. The van der Waals surface area contributed by atoms with Gasteiger partial charge in [-0.3, -0.25) is 4.79 Å². The van der Waals surface area contributed by atoms with Gasteiger partial charge in [0.25, 0.3) is 0 Å². The smallest absolute Gasteiger partial charge is 0.305 e.